The van der Waals surface area contributed by atoms with Crippen molar-refractivity contribution >= 4 is 29.3 Å². The quantitative estimate of drug-likeness (QED) is 0.484. The van der Waals surface area contributed by atoms with E-state index in [1.165, 1.54) is 0 Å². The number of rotatable bonds is 3. The van der Waals surface area contributed by atoms with Crippen molar-refractivity contribution in [1.82, 2.24) is 0 Å². The molecule has 0 saturated heterocycles. The predicted molar refractivity (Wildman–Crippen MR) is 25.0 cm³/mol. The Morgan fingerprint density at radius 3 is 1.30 bits per heavy atom. The molecule has 4 nitrogen and oxygen atoms in total. The van der Waals surface area contributed by atoms with Crippen LogP contribution in [0.25, 0.3) is 0 Å². The van der Waals surface area contributed by atoms with E-state index in [-0.39, 0.29) is 43.6 Å². The zero-order chi connectivity index (χ0) is 6.57. The van der Waals surface area contributed by atoms with Crippen LogP contribution in [0.15, 0.2) is 0 Å². The minimum atomic E-state index is -1.37. The van der Waals surface area contributed by atoms with E-state index < -0.39 is 24.8 Å². The summed E-state index contributed by atoms with van der Waals surface area (Å²) >= 11 is 0. The average Bonchev–Trinajstić information content (AvgIpc) is 1.61. The molecule has 46 valence electrons. The van der Waals surface area contributed by atoms with E-state index in [1.54, 1.807) is 0 Å². The van der Waals surface area contributed by atoms with Gasteiger partial charge in [0, 0.05) is 11.9 Å². The molecule has 0 radical (unpaired) electrons. The summed E-state index contributed by atoms with van der Waals surface area (Å²) in [4.78, 5) is 19.0. The summed E-state index contributed by atoms with van der Waals surface area (Å²) in [5.74, 6) is -2.73. The van der Waals surface area contributed by atoms with Crippen molar-refractivity contribution in [3.63, 3.8) is 0 Å². The third-order valence-corrected chi connectivity index (χ3v) is 0.533. The molecule has 10 heavy (non-hydrogen) atoms. The van der Waals surface area contributed by atoms with E-state index in [2.05, 4.69) is 0 Å². The van der Waals surface area contributed by atoms with Crippen LogP contribution < -0.4 is 10.2 Å². The number of carboxylic acids is 2. The number of carbonyl (C=O) groups is 2. The van der Waals surface area contributed by atoms with Gasteiger partial charge < -0.3 is 19.8 Å². The van der Waals surface area contributed by atoms with Crippen molar-refractivity contribution < 1.29 is 46.0 Å². The zero-order valence-electron chi connectivity index (χ0n) is 5.12. The average molecular weight is 234 g/mol. The Morgan fingerprint density at radius 2 is 1.20 bits per heavy atom. The molecular formula is C4H4AlO4Zr+5. The molecule has 0 amide bonds. The van der Waals surface area contributed by atoms with Crippen molar-refractivity contribution in [1.29, 1.82) is 0 Å². The molecule has 0 spiro atoms. The standard InChI is InChI=1S/C4H6O4.Al.Zr/c5-3(6)1-2-4(7)8;;/h1-2H2,(H,5,6)(H,7,8);;/q;+3;+4/p-2. The van der Waals surface area contributed by atoms with Crippen molar-refractivity contribution in [2.45, 2.75) is 12.8 Å². The Balaban J connectivity index is -0.000000245. The first kappa shape index (κ1) is 16.8. The molecule has 6 heteroatoms. The molecule has 0 aliphatic heterocycles. The molecular weight excluding hydrogens is 230 g/mol. The molecule has 0 atom stereocenters. The number of aliphatic carboxylic acids is 2. The second kappa shape index (κ2) is 9.36. The predicted octanol–water partition coefficient (Wildman–Crippen LogP) is -3.12. The minimum absolute atomic E-state index is 0. The molecule has 0 aromatic carbocycles. The van der Waals surface area contributed by atoms with Crippen LogP contribution in [0.3, 0.4) is 0 Å². The number of hydrogen-bond donors (Lipinski definition) is 0. The zero-order valence-corrected chi connectivity index (χ0v) is 8.74. The first-order valence-corrected chi connectivity index (χ1v) is 2.02. The molecule has 0 rings (SSSR count). The van der Waals surface area contributed by atoms with Gasteiger partial charge in [-0.05, 0) is 12.8 Å². The molecule has 0 bridgehead atoms. The Morgan fingerprint density at radius 1 is 1.00 bits per heavy atom. The molecule has 0 fully saturated rings. The Labute approximate surface area is 87.9 Å². The number of carbonyl (C=O) groups excluding carboxylic acids is 2. The van der Waals surface area contributed by atoms with Crippen LogP contribution in [0.4, 0.5) is 0 Å². The summed E-state index contributed by atoms with van der Waals surface area (Å²) in [7, 11) is 0. The summed E-state index contributed by atoms with van der Waals surface area (Å²) in [6.45, 7) is 0. The van der Waals surface area contributed by atoms with E-state index in [4.69, 9.17) is 0 Å². The number of carboxylic acid groups (broad SMARTS) is 2. The van der Waals surface area contributed by atoms with Crippen LogP contribution in [-0.2, 0) is 35.8 Å². The second-order valence-corrected chi connectivity index (χ2v) is 1.24. The van der Waals surface area contributed by atoms with Gasteiger partial charge >= 0.3 is 43.6 Å². The van der Waals surface area contributed by atoms with Crippen LogP contribution >= 0.6 is 0 Å². The first-order valence-electron chi connectivity index (χ1n) is 2.02. The van der Waals surface area contributed by atoms with Crippen LogP contribution in [0.1, 0.15) is 12.8 Å². The molecule has 0 aromatic heterocycles. The second-order valence-electron chi connectivity index (χ2n) is 1.24. The Bertz CT molecular complexity index is 102. The van der Waals surface area contributed by atoms with Gasteiger partial charge in [-0.15, -0.1) is 0 Å². The van der Waals surface area contributed by atoms with E-state index in [0.29, 0.717) is 0 Å². The third-order valence-electron chi connectivity index (χ3n) is 0.533. The van der Waals surface area contributed by atoms with Gasteiger partial charge in [-0.3, -0.25) is 0 Å². The van der Waals surface area contributed by atoms with E-state index >= 15 is 0 Å². The SMILES string of the molecule is O=C([O-])CCC(=O)[O-].[Al+3].[Zr+4]. The van der Waals surface area contributed by atoms with Gasteiger partial charge in [0.1, 0.15) is 0 Å². The van der Waals surface area contributed by atoms with Crippen LogP contribution in [-0.4, -0.2) is 29.3 Å². The molecule has 0 aromatic rings. The summed E-state index contributed by atoms with van der Waals surface area (Å²) in [6, 6.07) is 0. The first-order chi connectivity index (χ1) is 3.63. The minimum Gasteiger partial charge on any atom is -0.550 e. The molecule has 0 aliphatic carbocycles. The van der Waals surface area contributed by atoms with Crippen LogP contribution in [0.2, 0.25) is 0 Å². The Kier molecular flexibility index (Phi) is 15.7. The fourth-order valence-corrected chi connectivity index (χ4v) is 0.204. The third kappa shape index (κ3) is 15.8. The molecule has 0 aliphatic rings. The maximum Gasteiger partial charge on any atom is 4.00 e. The monoisotopic (exact) mass is 233 g/mol. The summed E-state index contributed by atoms with van der Waals surface area (Å²) in [5.41, 5.74) is 0. The van der Waals surface area contributed by atoms with Gasteiger partial charge in [0.2, 0.25) is 0 Å². The maximum absolute atomic E-state index is 9.50. The van der Waals surface area contributed by atoms with Crippen LogP contribution in [0.5, 0.6) is 0 Å². The normalized spacial score (nSPS) is 6.80. The molecule has 0 unspecified atom stereocenters. The maximum atomic E-state index is 9.50. The summed E-state index contributed by atoms with van der Waals surface area (Å²) in [6.07, 6.45) is -0.940. The fraction of sp³-hybridized carbons (Fsp3) is 0.500. The van der Waals surface area contributed by atoms with Gasteiger partial charge in [0.05, 0.1) is 0 Å². The van der Waals surface area contributed by atoms with Crippen molar-refractivity contribution in [2.75, 3.05) is 0 Å². The largest absolute Gasteiger partial charge is 4.00 e. The fourth-order valence-electron chi connectivity index (χ4n) is 0.204. The van der Waals surface area contributed by atoms with Gasteiger partial charge in [0.25, 0.3) is 0 Å². The summed E-state index contributed by atoms with van der Waals surface area (Å²) in [5, 5.41) is 19.0. The van der Waals surface area contributed by atoms with Gasteiger partial charge in [-0.25, -0.2) is 0 Å². The van der Waals surface area contributed by atoms with Crippen molar-refractivity contribution in [3.05, 3.63) is 0 Å². The van der Waals surface area contributed by atoms with Gasteiger partial charge in [-0.1, -0.05) is 0 Å². The van der Waals surface area contributed by atoms with E-state index in [0.717, 1.165) is 0 Å². The van der Waals surface area contributed by atoms with Crippen molar-refractivity contribution in [3.8, 4) is 0 Å². The molecule has 0 saturated carbocycles. The van der Waals surface area contributed by atoms with E-state index in [9.17, 15) is 19.8 Å². The Hall–Kier alpha value is 0.356. The van der Waals surface area contributed by atoms with Gasteiger partial charge in [0.15, 0.2) is 0 Å². The van der Waals surface area contributed by atoms with Crippen LogP contribution in [0, 0.1) is 0 Å². The molecule has 0 N–H and O–H groups in total. The smallest absolute Gasteiger partial charge is 0.550 e. The van der Waals surface area contributed by atoms with E-state index in [1.807, 2.05) is 0 Å². The van der Waals surface area contributed by atoms with Gasteiger partial charge in [-0.2, -0.15) is 0 Å². The number of hydrogen-bond acceptors (Lipinski definition) is 4. The topological polar surface area (TPSA) is 80.3 Å². The molecule has 0 heterocycles. The summed E-state index contributed by atoms with van der Waals surface area (Å²) < 4.78 is 0. The van der Waals surface area contributed by atoms with Crippen molar-refractivity contribution in [2.24, 2.45) is 0 Å².